The summed E-state index contributed by atoms with van der Waals surface area (Å²) in [6.45, 7) is 0. The second kappa shape index (κ2) is 6.46. The van der Waals surface area contributed by atoms with Crippen LogP contribution in [-0.2, 0) is 4.79 Å². The molecule has 0 spiro atoms. The predicted octanol–water partition coefficient (Wildman–Crippen LogP) is 5.61. The van der Waals surface area contributed by atoms with Gasteiger partial charge in [-0.2, -0.15) is 0 Å². The van der Waals surface area contributed by atoms with Crippen molar-refractivity contribution in [2.24, 2.45) is 0 Å². The number of carbonyl (C=O) groups excluding carboxylic acids is 1. The maximum absolute atomic E-state index is 12.3. The second-order valence-electron chi connectivity index (χ2n) is 5.83. The SMILES string of the molecule is CSc1ccc([C@@H]2CC(=O)Nc3c(-c4ccccc4)csc32)cc1. The van der Waals surface area contributed by atoms with E-state index in [1.165, 1.54) is 15.3 Å². The van der Waals surface area contributed by atoms with Crippen molar-refractivity contribution in [3.05, 3.63) is 70.4 Å². The van der Waals surface area contributed by atoms with Crippen LogP contribution in [0.1, 0.15) is 22.8 Å². The number of thiophene rings is 1. The number of fused-ring (bicyclic) bond motifs is 1. The van der Waals surface area contributed by atoms with Crippen molar-refractivity contribution in [2.45, 2.75) is 17.2 Å². The Balaban J connectivity index is 1.78. The van der Waals surface area contributed by atoms with Gasteiger partial charge in [0.25, 0.3) is 0 Å². The first kappa shape index (κ1) is 15.5. The van der Waals surface area contributed by atoms with Crippen LogP contribution in [0.2, 0.25) is 0 Å². The summed E-state index contributed by atoms with van der Waals surface area (Å²) < 4.78 is 0. The number of nitrogens with one attached hydrogen (secondary N) is 1. The molecule has 0 radical (unpaired) electrons. The molecule has 2 aromatic carbocycles. The molecule has 0 aliphatic carbocycles. The number of thioether (sulfide) groups is 1. The van der Waals surface area contributed by atoms with Crippen molar-refractivity contribution < 1.29 is 4.79 Å². The minimum Gasteiger partial charge on any atom is -0.325 e. The van der Waals surface area contributed by atoms with E-state index < -0.39 is 0 Å². The number of rotatable bonds is 3. The number of amides is 1. The molecule has 1 aliphatic rings. The zero-order valence-electron chi connectivity index (χ0n) is 13.3. The van der Waals surface area contributed by atoms with Crippen LogP contribution < -0.4 is 5.32 Å². The summed E-state index contributed by atoms with van der Waals surface area (Å²) in [4.78, 5) is 14.8. The Hall–Kier alpha value is -2.04. The summed E-state index contributed by atoms with van der Waals surface area (Å²) in [5.74, 6) is 0.240. The molecule has 0 saturated carbocycles. The number of hydrogen-bond donors (Lipinski definition) is 1. The minimum absolute atomic E-state index is 0.0945. The van der Waals surface area contributed by atoms with Gasteiger partial charge in [0, 0.05) is 33.1 Å². The Morgan fingerprint density at radius 3 is 2.54 bits per heavy atom. The molecule has 1 aromatic heterocycles. The van der Waals surface area contributed by atoms with Crippen LogP contribution in [0.15, 0.2) is 64.9 Å². The lowest BCUT2D eigenvalue weighted by molar-refractivity contribution is -0.116. The van der Waals surface area contributed by atoms with Crippen molar-refractivity contribution in [3.63, 3.8) is 0 Å². The summed E-state index contributed by atoms with van der Waals surface area (Å²) >= 11 is 3.48. The largest absolute Gasteiger partial charge is 0.325 e. The van der Waals surface area contributed by atoms with Crippen molar-refractivity contribution in [1.82, 2.24) is 0 Å². The number of hydrogen-bond acceptors (Lipinski definition) is 3. The molecule has 1 aliphatic heterocycles. The van der Waals surface area contributed by atoms with Gasteiger partial charge in [0.05, 0.1) is 5.69 Å². The highest BCUT2D eigenvalue weighted by molar-refractivity contribution is 7.98. The minimum atomic E-state index is 0.0945. The highest BCUT2D eigenvalue weighted by Gasteiger charge is 2.30. The van der Waals surface area contributed by atoms with Gasteiger partial charge in [-0.3, -0.25) is 4.79 Å². The topological polar surface area (TPSA) is 29.1 Å². The maximum atomic E-state index is 12.3. The molecule has 4 rings (SSSR count). The number of benzene rings is 2. The van der Waals surface area contributed by atoms with Crippen molar-refractivity contribution in [2.75, 3.05) is 11.6 Å². The molecular formula is C20H17NOS2. The van der Waals surface area contributed by atoms with E-state index >= 15 is 0 Å². The highest BCUT2D eigenvalue weighted by atomic mass is 32.2. The quantitative estimate of drug-likeness (QED) is 0.621. The molecule has 2 heterocycles. The van der Waals surface area contributed by atoms with E-state index in [0.29, 0.717) is 6.42 Å². The summed E-state index contributed by atoms with van der Waals surface area (Å²) in [5.41, 5.74) is 4.47. The third-order valence-corrected chi connectivity index (χ3v) is 6.23. The Labute approximate surface area is 149 Å². The molecule has 1 atom stereocenters. The number of carbonyl (C=O) groups is 1. The van der Waals surface area contributed by atoms with Gasteiger partial charge in [-0.15, -0.1) is 23.1 Å². The first-order valence-electron chi connectivity index (χ1n) is 7.87. The van der Waals surface area contributed by atoms with Gasteiger partial charge in [-0.25, -0.2) is 0 Å². The standard InChI is InChI=1S/C20H17NOS2/c1-23-15-9-7-14(8-10-15)16-11-18(22)21-19-17(12-24-20(16)19)13-5-3-2-4-6-13/h2-10,12,16H,11H2,1H3,(H,21,22)/t16-/m0/s1. The van der Waals surface area contributed by atoms with Crippen molar-refractivity contribution in [1.29, 1.82) is 0 Å². The molecule has 0 unspecified atom stereocenters. The average molecular weight is 351 g/mol. The summed E-state index contributed by atoms with van der Waals surface area (Å²) in [5, 5.41) is 5.26. The fraction of sp³-hybridized carbons (Fsp3) is 0.150. The molecule has 2 nitrogen and oxygen atoms in total. The lowest BCUT2D eigenvalue weighted by Crippen LogP contribution is -2.22. The lowest BCUT2D eigenvalue weighted by atomic mass is 9.89. The molecule has 24 heavy (non-hydrogen) atoms. The fourth-order valence-corrected chi connectivity index (χ4v) is 4.73. The maximum Gasteiger partial charge on any atom is 0.225 e. The summed E-state index contributed by atoms with van der Waals surface area (Å²) in [7, 11) is 0. The van der Waals surface area contributed by atoms with Crippen LogP contribution in [0, 0.1) is 0 Å². The van der Waals surface area contributed by atoms with Crippen molar-refractivity contribution >= 4 is 34.7 Å². The van der Waals surface area contributed by atoms with Gasteiger partial charge in [-0.05, 0) is 29.5 Å². The van der Waals surface area contributed by atoms with Crippen LogP contribution in [-0.4, -0.2) is 12.2 Å². The van der Waals surface area contributed by atoms with Gasteiger partial charge in [-0.1, -0.05) is 42.5 Å². The summed E-state index contributed by atoms with van der Waals surface area (Å²) in [6.07, 6.45) is 2.59. The van der Waals surface area contributed by atoms with E-state index in [1.807, 2.05) is 18.2 Å². The first-order chi connectivity index (χ1) is 11.8. The van der Waals surface area contributed by atoms with Gasteiger partial charge in [0.2, 0.25) is 5.91 Å². The van der Waals surface area contributed by atoms with Crippen molar-refractivity contribution in [3.8, 4) is 11.1 Å². The molecule has 0 saturated heterocycles. The summed E-state index contributed by atoms with van der Waals surface area (Å²) in [6, 6.07) is 18.8. The third kappa shape index (κ3) is 2.76. The molecule has 0 bridgehead atoms. The lowest BCUT2D eigenvalue weighted by Gasteiger charge is -2.24. The highest BCUT2D eigenvalue weighted by Crippen LogP contribution is 2.46. The smallest absolute Gasteiger partial charge is 0.225 e. The van der Waals surface area contributed by atoms with E-state index in [0.717, 1.165) is 16.8 Å². The third-order valence-electron chi connectivity index (χ3n) is 4.39. The Kier molecular flexibility index (Phi) is 4.17. The monoisotopic (exact) mass is 351 g/mol. The molecule has 1 N–H and O–H groups in total. The van der Waals surface area contributed by atoms with E-state index in [1.54, 1.807) is 23.1 Å². The van der Waals surface area contributed by atoms with Gasteiger partial charge in [0.15, 0.2) is 0 Å². The Morgan fingerprint density at radius 2 is 1.83 bits per heavy atom. The van der Waals surface area contributed by atoms with Crippen LogP contribution in [0.3, 0.4) is 0 Å². The van der Waals surface area contributed by atoms with Crippen LogP contribution in [0.5, 0.6) is 0 Å². The zero-order valence-corrected chi connectivity index (χ0v) is 14.9. The van der Waals surface area contributed by atoms with Gasteiger partial charge < -0.3 is 5.32 Å². The molecule has 120 valence electrons. The molecule has 1 amide bonds. The van der Waals surface area contributed by atoms with Crippen LogP contribution in [0.25, 0.3) is 11.1 Å². The van der Waals surface area contributed by atoms with Gasteiger partial charge in [0.1, 0.15) is 0 Å². The van der Waals surface area contributed by atoms with Crippen LogP contribution >= 0.6 is 23.1 Å². The second-order valence-corrected chi connectivity index (χ2v) is 7.62. The van der Waals surface area contributed by atoms with E-state index in [-0.39, 0.29) is 11.8 Å². The Morgan fingerprint density at radius 1 is 1.08 bits per heavy atom. The van der Waals surface area contributed by atoms with Crippen LogP contribution in [0.4, 0.5) is 5.69 Å². The molecule has 0 fully saturated rings. The fourth-order valence-electron chi connectivity index (χ4n) is 3.16. The zero-order chi connectivity index (χ0) is 16.5. The van der Waals surface area contributed by atoms with E-state index in [2.05, 4.69) is 53.4 Å². The molecular weight excluding hydrogens is 334 g/mol. The predicted molar refractivity (Wildman–Crippen MR) is 103 cm³/mol. The van der Waals surface area contributed by atoms with E-state index in [4.69, 9.17) is 0 Å². The molecule has 4 heteroatoms. The molecule has 3 aromatic rings. The van der Waals surface area contributed by atoms with Gasteiger partial charge >= 0.3 is 0 Å². The average Bonchev–Trinajstić information content (AvgIpc) is 3.05. The number of anilines is 1. The van der Waals surface area contributed by atoms with E-state index in [9.17, 15) is 4.79 Å². The first-order valence-corrected chi connectivity index (χ1v) is 9.97. The normalized spacial score (nSPS) is 16.5. The Bertz CT molecular complexity index is 868.